The van der Waals surface area contributed by atoms with Crippen molar-refractivity contribution < 1.29 is 13.6 Å². The molecule has 0 fully saturated rings. The van der Waals surface area contributed by atoms with Crippen molar-refractivity contribution in [2.75, 3.05) is 0 Å². The van der Waals surface area contributed by atoms with Gasteiger partial charge in [0, 0.05) is 12.6 Å². The number of nitrogens with two attached hydrogens (primary N) is 1. The number of oxime groups is 1. The van der Waals surface area contributed by atoms with E-state index in [4.69, 9.17) is 10.3 Å². The Morgan fingerprint density at radius 2 is 1.93 bits per heavy atom. The molecule has 0 aliphatic carbocycles. The third-order valence-corrected chi connectivity index (χ3v) is 2.59. The number of sulfonamides is 1. The standard InChI is InChI=1S/C8H10N2O3S/c9-14(12,13)8-3-1-7(2-4-8)5-6-10-11/h1-4,6,11H,5H2,(H2,9,12,13). The van der Waals surface area contributed by atoms with Crippen molar-refractivity contribution in [2.45, 2.75) is 11.3 Å². The van der Waals surface area contributed by atoms with Gasteiger partial charge < -0.3 is 5.21 Å². The number of hydrogen-bond donors (Lipinski definition) is 2. The molecule has 0 bridgehead atoms. The number of nitrogens with zero attached hydrogens (tertiary/aromatic N) is 1. The van der Waals surface area contributed by atoms with Gasteiger partial charge in [-0.25, -0.2) is 13.6 Å². The van der Waals surface area contributed by atoms with Crippen LogP contribution in [0.3, 0.4) is 0 Å². The van der Waals surface area contributed by atoms with Gasteiger partial charge in [-0.1, -0.05) is 12.1 Å². The van der Waals surface area contributed by atoms with E-state index in [0.717, 1.165) is 5.56 Å². The smallest absolute Gasteiger partial charge is 0.238 e. The van der Waals surface area contributed by atoms with E-state index in [1.807, 2.05) is 0 Å². The third-order valence-electron chi connectivity index (χ3n) is 1.66. The van der Waals surface area contributed by atoms with Gasteiger partial charge in [0.15, 0.2) is 0 Å². The summed E-state index contributed by atoms with van der Waals surface area (Å²) in [7, 11) is -3.62. The molecule has 0 aromatic heterocycles. The van der Waals surface area contributed by atoms with Crippen molar-refractivity contribution in [1.29, 1.82) is 0 Å². The summed E-state index contributed by atoms with van der Waals surface area (Å²) in [5, 5.41) is 15.9. The van der Waals surface area contributed by atoms with E-state index in [0.29, 0.717) is 6.42 Å². The van der Waals surface area contributed by atoms with Crippen LogP contribution in [0.4, 0.5) is 0 Å². The van der Waals surface area contributed by atoms with Crippen LogP contribution in [0.5, 0.6) is 0 Å². The first-order valence-corrected chi connectivity index (χ1v) is 5.36. The molecule has 3 N–H and O–H groups in total. The first kappa shape index (κ1) is 10.7. The highest BCUT2D eigenvalue weighted by Crippen LogP contribution is 2.08. The SMILES string of the molecule is NS(=O)(=O)c1ccc(CC=NO)cc1. The molecule has 1 rings (SSSR count). The van der Waals surface area contributed by atoms with E-state index < -0.39 is 10.0 Å². The van der Waals surface area contributed by atoms with Crippen molar-refractivity contribution in [2.24, 2.45) is 10.3 Å². The Labute approximate surface area is 81.9 Å². The topological polar surface area (TPSA) is 92.8 Å². The molecule has 14 heavy (non-hydrogen) atoms. The van der Waals surface area contributed by atoms with Crippen LogP contribution in [0, 0.1) is 0 Å². The minimum Gasteiger partial charge on any atom is -0.411 e. The van der Waals surface area contributed by atoms with Crippen molar-refractivity contribution in [3.63, 3.8) is 0 Å². The molecule has 0 heterocycles. The molecule has 1 aromatic carbocycles. The van der Waals surface area contributed by atoms with Crippen LogP contribution < -0.4 is 5.14 Å². The molecule has 0 radical (unpaired) electrons. The summed E-state index contributed by atoms with van der Waals surface area (Å²) in [6.45, 7) is 0. The number of rotatable bonds is 3. The van der Waals surface area contributed by atoms with Crippen LogP contribution in [-0.4, -0.2) is 19.8 Å². The second-order valence-electron chi connectivity index (χ2n) is 2.69. The van der Waals surface area contributed by atoms with Crippen LogP contribution in [0.25, 0.3) is 0 Å². The van der Waals surface area contributed by atoms with E-state index in [9.17, 15) is 8.42 Å². The predicted molar refractivity (Wildman–Crippen MR) is 51.8 cm³/mol. The molecule has 0 aliphatic heterocycles. The van der Waals surface area contributed by atoms with Gasteiger partial charge in [-0.2, -0.15) is 0 Å². The third kappa shape index (κ3) is 2.82. The number of benzene rings is 1. The Bertz CT molecular complexity index is 422. The summed E-state index contributed by atoms with van der Waals surface area (Å²) in [6, 6.07) is 6.05. The Morgan fingerprint density at radius 1 is 1.36 bits per heavy atom. The monoisotopic (exact) mass is 214 g/mol. The van der Waals surface area contributed by atoms with E-state index >= 15 is 0 Å². The van der Waals surface area contributed by atoms with E-state index in [-0.39, 0.29) is 4.90 Å². The average Bonchev–Trinajstić information content (AvgIpc) is 2.14. The van der Waals surface area contributed by atoms with Crippen molar-refractivity contribution >= 4 is 16.2 Å². The Hall–Kier alpha value is -1.40. The lowest BCUT2D eigenvalue weighted by Gasteiger charge is -1.99. The largest absolute Gasteiger partial charge is 0.411 e. The first-order chi connectivity index (χ1) is 6.54. The Kier molecular flexibility index (Phi) is 3.21. The fourth-order valence-electron chi connectivity index (χ4n) is 0.961. The maximum atomic E-state index is 10.9. The molecule has 5 nitrogen and oxygen atoms in total. The highest BCUT2D eigenvalue weighted by molar-refractivity contribution is 7.89. The molecule has 6 heteroatoms. The summed E-state index contributed by atoms with van der Waals surface area (Å²) in [5.41, 5.74) is 0.843. The maximum absolute atomic E-state index is 10.9. The zero-order valence-corrected chi connectivity index (χ0v) is 8.11. The second-order valence-corrected chi connectivity index (χ2v) is 4.25. The molecule has 0 aliphatic rings. The normalized spacial score (nSPS) is 12.1. The molecular formula is C8H10N2O3S. The summed E-state index contributed by atoms with van der Waals surface area (Å²) in [5.74, 6) is 0. The lowest BCUT2D eigenvalue weighted by Crippen LogP contribution is -2.11. The first-order valence-electron chi connectivity index (χ1n) is 3.81. The Morgan fingerprint density at radius 3 is 2.36 bits per heavy atom. The zero-order valence-electron chi connectivity index (χ0n) is 7.29. The summed E-state index contributed by atoms with van der Waals surface area (Å²) < 4.78 is 21.7. The van der Waals surface area contributed by atoms with E-state index in [1.165, 1.54) is 18.3 Å². The molecule has 0 saturated heterocycles. The van der Waals surface area contributed by atoms with Gasteiger partial charge in [0.05, 0.1) is 4.90 Å². The number of hydrogen-bond acceptors (Lipinski definition) is 4. The quantitative estimate of drug-likeness (QED) is 0.431. The van der Waals surface area contributed by atoms with Crippen LogP contribution >= 0.6 is 0 Å². The molecule has 0 amide bonds. The molecule has 0 saturated carbocycles. The van der Waals surface area contributed by atoms with E-state index in [1.54, 1.807) is 12.1 Å². The highest BCUT2D eigenvalue weighted by atomic mass is 32.2. The predicted octanol–water partition coefficient (Wildman–Crippen LogP) is 0.336. The molecule has 76 valence electrons. The van der Waals surface area contributed by atoms with Crippen LogP contribution in [0.2, 0.25) is 0 Å². The van der Waals surface area contributed by atoms with Gasteiger partial charge in [-0.05, 0) is 17.7 Å². The second kappa shape index (κ2) is 4.21. The van der Waals surface area contributed by atoms with Gasteiger partial charge in [-0.15, -0.1) is 5.16 Å². The van der Waals surface area contributed by atoms with Crippen molar-refractivity contribution in [3.8, 4) is 0 Å². The summed E-state index contributed by atoms with van der Waals surface area (Å²) >= 11 is 0. The average molecular weight is 214 g/mol. The molecule has 0 spiro atoms. The minimum absolute atomic E-state index is 0.0715. The van der Waals surface area contributed by atoms with Crippen molar-refractivity contribution in [1.82, 2.24) is 0 Å². The molecule has 1 aromatic rings. The van der Waals surface area contributed by atoms with Crippen LogP contribution in [0.1, 0.15) is 5.56 Å². The highest BCUT2D eigenvalue weighted by Gasteiger charge is 2.05. The fraction of sp³-hybridized carbons (Fsp3) is 0.125. The van der Waals surface area contributed by atoms with Crippen molar-refractivity contribution in [3.05, 3.63) is 29.8 Å². The summed E-state index contributed by atoms with van der Waals surface area (Å²) in [4.78, 5) is 0.0715. The van der Waals surface area contributed by atoms with Gasteiger partial charge in [0.25, 0.3) is 0 Å². The maximum Gasteiger partial charge on any atom is 0.238 e. The fourth-order valence-corrected chi connectivity index (χ4v) is 1.48. The van der Waals surface area contributed by atoms with Gasteiger partial charge in [-0.3, -0.25) is 0 Å². The molecular weight excluding hydrogens is 204 g/mol. The van der Waals surface area contributed by atoms with Crippen LogP contribution in [0.15, 0.2) is 34.3 Å². The van der Waals surface area contributed by atoms with E-state index in [2.05, 4.69) is 5.16 Å². The molecule has 0 unspecified atom stereocenters. The zero-order chi connectivity index (χ0) is 10.6. The number of primary sulfonamides is 1. The Balaban J connectivity index is 2.89. The van der Waals surface area contributed by atoms with Crippen LogP contribution in [-0.2, 0) is 16.4 Å². The van der Waals surface area contributed by atoms with Gasteiger partial charge in [0.2, 0.25) is 10.0 Å². The lowest BCUT2D eigenvalue weighted by molar-refractivity contribution is 0.321. The van der Waals surface area contributed by atoms with Gasteiger partial charge >= 0.3 is 0 Å². The summed E-state index contributed by atoms with van der Waals surface area (Å²) in [6.07, 6.45) is 1.76. The van der Waals surface area contributed by atoms with Gasteiger partial charge in [0.1, 0.15) is 0 Å². The molecule has 0 atom stereocenters. The lowest BCUT2D eigenvalue weighted by atomic mass is 10.2. The minimum atomic E-state index is -3.62.